The molecule has 1 saturated heterocycles. The minimum absolute atomic E-state index is 0.0174. The van der Waals surface area contributed by atoms with Gasteiger partial charge in [0.05, 0.1) is 18.3 Å². The molecule has 1 fully saturated rings. The Morgan fingerprint density at radius 3 is 2.67 bits per heavy atom. The second-order valence-corrected chi connectivity index (χ2v) is 5.26. The average molecular weight is 215 g/mol. The summed E-state index contributed by atoms with van der Waals surface area (Å²) in [4.78, 5) is 2.43. The van der Waals surface area contributed by atoms with Gasteiger partial charge < -0.3 is 9.47 Å². The van der Waals surface area contributed by atoms with Crippen molar-refractivity contribution in [1.82, 2.24) is 4.90 Å². The highest BCUT2D eigenvalue weighted by Crippen LogP contribution is 2.13. The van der Waals surface area contributed by atoms with Crippen molar-refractivity contribution in [2.75, 3.05) is 33.4 Å². The van der Waals surface area contributed by atoms with Crippen LogP contribution in [0.15, 0.2) is 0 Å². The van der Waals surface area contributed by atoms with Gasteiger partial charge in [0.1, 0.15) is 0 Å². The summed E-state index contributed by atoms with van der Waals surface area (Å²) in [6, 6.07) is 0. The smallest absolute Gasteiger partial charge is 0.0698 e. The van der Waals surface area contributed by atoms with Gasteiger partial charge in [0, 0.05) is 20.2 Å². The summed E-state index contributed by atoms with van der Waals surface area (Å²) in [5.74, 6) is 0. The number of rotatable bonds is 4. The second-order valence-electron chi connectivity index (χ2n) is 5.26. The molecular weight excluding hydrogens is 190 g/mol. The van der Waals surface area contributed by atoms with Crippen LogP contribution in [-0.4, -0.2) is 50.0 Å². The number of ether oxygens (including phenoxy) is 2. The zero-order valence-corrected chi connectivity index (χ0v) is 10.6. The number of hydrogen-bond donors (Lipinski definition) is 0. The summed E-state index contributed by atoms with van der Waals surface area (Å²) in [5.41, 5.74) is -0.0174. The Balaban J connectivity index is 2.15. The van der Waals surface area contributed by atoms with Crippen LogP contribution in [-0.2, 0) is 9.47 Å². The highest BCUT2D eigenvalue weighted by Gasteiger charge is 2.19. The van der Waals surface area contributed by atoms with Crippen molar-refractivity contribution in [2.24, 2.45) is 0 Å². The Hall–Kier alpha value is -0.120. The topological polar surface area (TPSA) is 21.7 Å². The van der Waals surface area contributed by atoms with Crippen LogP contribution >= 0.6 is 0 Å². The third-order valence-electron chi connectivity index (χ3n) is 2.74. The largest absolute Gasteiger partial charge is 0.380 e. The first-order valence-corrected chi connectivity index (χ1v) is 5.90. The minimum atomic E-state index is -0.0174. The fourth-order valence-corrected chi connectivity index (χ4v) is 1.89. The lowest BCUT2D eigenvalue weighted by molar-refractivity contribution is -0.0272. The standard InChI is InChI=1S/C12H25NO2/c1-12(2,3)15-9-8-13-7-5-6-11(10-13)14-4/h11H,5-10H2,1-4H3/t11-/m1/s1. The van der Waals surface area contributed by atoms with Crippen molar-refractivity contribution >= 4 is 0 Å². The first-order chi connectivity index (χ1) is 7.01. The molecule has 0 unspecified atom stereocenters. The van der Waals surface area contributed by atoms with Crippen LogP contribution < -0.4 is 0 Å². The first-order valence-electron chi connectivity index (χ1n) is 5.90. The van der Waals surface area contributed by atoms with Crippen LogP contribution in [0.3, 0.4) is 0 Å². The molecule has 0 spiro atoms. The predicted molar refractivity (Wildman–Crippen MR) is 62.2 cm³/mol. The van der Waals surface area contributed by atoms with Crippen molar-refractivity contribution < 1.29 is 9.47 Å². The van der Waals surface area contributed by atoms with Crippen LogP contribution in [0, 0.1) is 0 Å². The summed E-state index contributed by atoms with van der Waals surface area (Å²) >= 11 is 0. The van der Waals surface area contributed by atoms with Crippen molar-refractivity contribution in [1.29, 1.82) is 0 Å². The van der Waals surface area contributed by atoms with Gasteiger partial charge in [-0.05, 0) is 40.2 Å². The number of methoxy groups -OCH3 is 1. The number of piperidine rings is 1. The van der Waals surface area contributed by atoms with E-state index in [1.165, 1.54) is 19.4 Å². The lowest BCUT2D eigenvalue weighted by atomic mass is 10.1. The summed E-state index contributed by atoms with van der Waals surface area (Å²) in [6.45, 7) is 10.4. The lowest BCUT2D eigenvalue weighted by Gasteiger charge is -2.32. The van der Waals surface area contributed by atoms with E-state index in [9.17, 15) is 0 Å². The van der Waals surface area contributed by atoms with Gasteiger partial charge in [0.2, 0.25) is 0 Å². The van der Waals surface area contributed by atoms with E-state index in [-0.39, 0.29) is 5.60 Å². The van der Waals surface area contributed by atoms with Gasteiger partial charge in [-0.25, -0.2) is 0 Å². The number of likely N-dealkylation sites (tertiary alicyclic amines) is 1. The van der Waals surface area contributed by atoms with Crippen molar-refractivity contribution in [3.8, 4) is 0 Å². The van der Waals surface area contributed by atoms with E-state index in [0.29, 0.717) is 6.10 Å². The Morgan fingerprint density at radius 2 is 2.07 bits per heavy atom. The molecule has 1 aliphatic heterocycles. The zero-order valence-electron chi connectivity index (χ0n) is 10.6. The molecule has 1 atom stereocenters. The van der Waals surface area contributed by atoms with Gasteiger partial charge in [-0.3, -0.25) is 4.90 Å². The molecule has 3 heteroatoms. The Kier molecular flexibility index (Phi) is 5.03. The Bertz CT molecular complexity index is 177. The highest BCUT2D eigenvalue weighted by molar-refractivity contribution is 4.73. The molecule has 0 bridgehead atoms. The molecule has 0 saturated carbocycles. The van der Waals surface area contributed by atoms with Crippen LogP contribution in [0.25, 0.3) is 0 Å². The summed E-state index contributed by atoms with van der Waals surface area (Å²) < 4.78 is 11.1. The van der Waals surface area contributed by atoms with Gasteiger partial charge >= 0.3 is 0 Å². The van der Waals surface area contributed by atoms with Gasteiger partial charge in [0.15, 0.2) is 0 Å². The van der Waals surface area contributed by atoms with E-state index in [0.717, 1.165) is 19.7 Å². The van der Waals surface area contributed by atoms with E-state index in [4.69, 9.17) is 9.47 Å². The molecule has 3 nitrogen and oxygen atoms in total. The van der Waals surface area contributed by atoms with Crippen molar-refractivity contribution in [3.05, 3.63) is 0 Å². The molecule has 0 aromatic heterocycles. The van der Waals surface area contributed by atoms with Crippen LogP contribution in [0.4, 0.5) is 0 Å². The van der Waals surface area contributed by atoms with Crippen LogP contribution in [0.1, 0.15) is 33.6 Å². The molecule has 0 radical (unpaired) electrons. The fraction of sp³-hybridized carbons (Fsp3) is 1.00. The van der Waals surface area contributed by atoms with Crippen LogP contribution in [0.5, 0.6) is 0 Å². The first kappa shape index (κ1) is 12.9. The predicted octanol–water partition coefficient (Wildman–Crippen LogP) is 1.91. The van der Waals surface area contributed by atoms with Gasteiger partial charge in [0.25, 0.3) is 0 Å². The van der Waals surface area contributed by atoms with Crippen molar-refractivity contribution in [3.63, 3.8) is 0 Å². The zero-order chi connectivity index (χ0) is 11.3. The molecule has 1 rings (SSSR count). The summed E-state index contributed by atoms with van der Waals surface area (Å²) in [7, 11) is 1.81. The van der Waals surface area contributed by atoms with E-state index >= 15 is 0 Å². The van der Waals surface area contributed by atoms with E-state index in [1.54, 1.807) is 7.11 Å². The molecule has 15 heavy (non-hydrogen) atoms. The minimum Gasteiger partial charge on any atom is -0.380 e. The SMILES string of the molecule is CO[C@@H]1CCCN(CCOC(C)(C)C)C1. The maximum Gasteiger partial charge on any atom is 0.0698 e. The van der Waals surface area contributed by atoms with Gasteiger partial charge in [-0.15, -0.1) is 0 Å². The fourth-order valence-electron chi connectivity index (χ4n) is 1.89. The molecule has 0 aromatic rings. The van der Waals surface area contributed by atoms with Gasteiger partial charge in [-0.2, -0.15) is 0 Å². The third kappa shape index (κ3) is 5.50. The highest BCUT2D eigenvalue weighted by atomic mass is 16.5. The maximum absolute atomic E-state index is 5.72. The van der Waals surface area contributed by atoms with E-state index in [1.807, 2.05) is 0 Å². The summed E-state index contributed by atoms with van der Waals surface area (Å²) in [6.07, 6.45) is 2.87. The van der Waals surface area contributed by atoms with E-state index in [2.05, 4.69) is 25.7 Å². The quantitative estimate of drug-likeness (QED) is 0.715. The maximum atomic E-state index is 5.72. The molecule has 90 valence electrons. The average Bonchev–Trinajstić information content (AvgIpc) is 2.16. The number of hydrogen-bond acceptors (Lipinski definition) is 3. The van der Waals surface area contributed by atoms with E-state index < -0.39 is 0 Å². The second kappa shape index (κ2) is 5.83. The van der Waals surface area contributed by atoms with Crippen LogP contribution in [0.2, 0.25) is 0 Å². The molecule has 0 aromatic carbocycles. The Labute approximate surface area is 93.7 Å². The normalized spacial score (nSPS) is 24.4. The van der Waals surface area contributed by atoms with Gasteiger partial charge in [-0.1, -0.05) is 0 Å². The molecule has 0 N–H and O–H groups in total. The lowest BCUT2D eigenvalue weighted by Crippen LogP contribution is -2.41. The van der Waals surface area contributed by atoms with Crippen molar-refractivity contribution in [2.45, 2.75) is 45.3 Å². The Morgan fingerprint density at radius 1 is 1.33 bits per heavy atom. The monoisotopic (exact) mass is 215 g/mol. The molecule has 0 aliphatic carbocycles. The molecule has 1 aliphatic rings. The summed E-state index contributed by atoms with van der Waals surface area (Å²) in [5, 5.41) is 0. The third-order valence-corrected chi connectivity index (χ3v) is 2.74. The molecule has 1 heterocycles. The molecular formula is C12H25NO2. The molecule has 0 amide bonds. The number of nitrogens with zero attached hydrogens (tertiary/aromatic N) is 1.